The van der Waals surface area contributed by atoms with Crippen LogP contribution < -0.4 is 4.74 Å². The zero-order chi connectivity index (χ0) is 17.1. The van der Waals surface area contributed by atoms with Gasteiger partial charge in [0.2, 0.25) is 0 Å². The topological polar surface area (TPSA) is 30.3 Å². The Morgan fingerprint density at radius 1 is 1.00 bits per heavy atom. The Morgan fingerprint density at radius 3 is 2.60 bits per heavy atom. The summed E-state index contributed by atoms with van der Waals surface area (Å²) in [6.07, 6.45) is 3.87. The molecule has 0 bridgehead atoms. The van der Waals surface area contributed by atoms with Gasteiger partial charge in [0.25, 0.3) is 0 Å². The maximum Gasteiger partial charge on any atom is 0.165 e. The highest BCUT2D eigenvalue weighted by molar-refractivity contribution is 5.78. The zero-order valence-corrected chi connectivity index (χ0v) is 14.1. The first-order valence-corrected chi connectivity index (χ1v) is 8.84. The van der Waals surface area contributed by atoms with E-state index in [9.17, 15) is 4.39 Å². The number of rotatable bonds is 5. The molecule has 25 heavy (non-hydrogen) atoms. The van der Waals surface area contributed by atoms with Crippen LogP contribution in [0, 0.1) is 5.82 Å². The second-order valence-corrected chi connectivity index (χ2v) is 6.52. The molecule has 2 heterocycles. The van der Waals surface area contributed by atoms with Crippen LogP contribution in [0.1, 0.15) is 12.8 Å². The van der Waals surface area contributed by atoms with E-state index in [1.54, 1.807) is 12.1 Å². The van der Waals surface area contributed by atoms with Crippen molar-refractivity contribution >= 4 is 10.9 Å². The lowest BCUT2D eigenvalue weighted by atomic mass is 10.1. The zero-order valence-electron chi connectivity index (χ0n) is 14.1. The number of halogens is 1. The molecule has 1 saturated heterocycles. The number of likely N-dealkylation sites (tertiary alicyclic amines) is 1. The summed E-state index contributed by atoms with van der Waals surface area (Å²) in [7, 11) is 0. The van der Waals surface area contributed by atoms with E-state index >= 15 is 0 Å². The fraction of sp³-hybridized carbons (Fsp3) is 0.350. The molecular weight excluding hydrogens is 317 g/mol. The average molecular weight is 339 g/mol. The second kappa shape index (κ2) is 7.23. The monoisotopic (exact) mass is 339 g/mol. The number of hydrogen-bond acceptors (Lipinski definition) is 3. The van der Waals surface area contributed by atoms with Crippen molar-refractivity contribution in [2.45, 2.75) is 25.5 Å². The van der Waals surface area contributed by atoms with Gasteiger partial charge in [-0.05, 0) is 31.0 Å². The predicted octanol–water partition coefficient (Wildman–Crippen LogP) is 3.72. The van der Waals surface area contributed by atoms with Gasteiger partial charge in [-0.1, -0.05) is 30.3 Å². The summed E-state index contributed by atoms with van der Waals surface area (Å²) in [5, 5.41) is 5.66. The summed E-state index contributed by atoms with van der Waals surface area (Å²) in [6.45, 7) is 3.79. The van der Waals surface area contributed by atoms with Crippen molar-refractivity contribution in [3.63, 3.8) is 0 Å². The molecule has 1 aromatic heterocycles. The van der Waals surface area contributed by atoms with Gasteiger partial charge < -0.3 is 9.64 Å². The summed E-state index contributed by atoms with van der Waals surface area (Å²) in [4.78, 5) is 2.43. The van der Waals surface area contributed by atoms with Crippen LogP contribution in [-0.4, -0.2) is 40.4 Å². The predicted molar refractivity (Wildman–Crippen MR) is 96.2 cm³/mol. The van der Waals surface area contributed by atoms with E-state index in [0.29, 0.717) is 5.75 Å². The van der Waals surface area contributed by atoms with Crippen molar-refractivity contribution in [3.8, 4) is 5.75 Å². The van der Waals surface area contributed by atoms with Crippen molar-refractivity contribution in [1.82, 2.24) is 14.7 Å². The molecule has 0 radical (unpaired) electrons. The van der Waals surface area contributed by atoms with E-state index in [1.165, 1.54) is 17.0 Å². The number of fused-ring (bicyclic) bond motifs is 1. The van der Waals surface area contributed by atoms with Crippen LogP contribution in [-0.2, 0) is 6.54 Å². The molecule has 0 N–H and O–H groups in total. The summed E-state index contributed by atoms with van der Waals surface area (Å²) in [5.74, 6) is 0.0828. The third-order valence-electron chi connectivity index (χ3n) is 4.84. The fourth-order valence-electron chi connectivity index (χ4n) is 3.41. The third kappa shape index (κ3) is 3.66. The Balaban J connectivity index is 1.28. The van der Waals surface area contributed by atoms with Crippen molar-refractivity contribution in [3.05, 3.63) is 60.5 Å². The largest absolute Gasteiger partial charge is 0.487 e. The number of para-hydroxylation sites is 2. The van der Waals surface area contributed by atoms with Crippen LogP contribution in [0.2, 0.25) is 0 Å². The third-order valence-corrected chi connectivity index (χ3v) is 4.84. The van der Waals surface area contributed by atoms with E-state index in [0.717, 1.165) is 39.0 Å². The van der Waals surface area contributed by atoms with Crippen LogP contribution in [0.15, 0.2) is 54.7 Å². The minimum atomic E-state index is -0.282. The molecule has 1 aliphatic heterocycles. The van der Waals surface area contributed by atoms with Crippen LogP contribution in [0.25, 0.3) is 10.9 Å². The number of benzene rings is 2. The van der Waals surface area contributed by atoms with Gasteiger partial charge in [0.15, 0.2) is 11.6 Å². The van der Waals surface area contributed by atoms with Crippen LogP contribution in [0.4, 0.5) is 4.39 Å². The van der Waals surface area contributed by atoms with Crippen LogP contribution in [0.3, 0.4) is 0 Å². The van der Waals surface area contributed by atoms with Crippen molar-refractivity contribution in [1.29, 1.82) is 0 Å². The van der Waals surface area contributed by atoms with Crippen molar-refractivity contribution in [2.75, 3.05) is 19.6 Å². The smallest absolute Gasteiger partial charge is 0.165 e. The van der Waals surface area contributed by atoms with Gasteiger partial charge in [0.05, 0.1) is 18.3 Å². The number of hydrogen-bond donors (Lipinski definition) is 0. The van der Waals surface area contributed by atoms with Gasteiger partial charge in [-0.25, -0.2) is 4.39 Å². The van der Waals surface area contributed by atoms with Gasteiger partial charge in [-0.15, -0.1) is 0 Å². The highest BCUT2D eigenvalue weighted by Gasteiger charge is 2.21. The highest BCUT2D eigenvalue weighted by Crippen LogP contribution is 2.22. The summed E-state index contributed by atoms with van der Waals surface area (Å²) < 4.78 is 21.6. The lowest BCUT2D eigenvalue weighted by Gasteiger charge is -2.32. The van der Waals surface area contributed by atoms with E-state index in [-0.39, 0.29) is 11.9 Å². The van der Waals surface area contributed by atoms with Gasteiger partial charge >= 0.3 is 0 Å². The fourth-order valence-corrected chi connectivity index (χ4v) is 3.41. The minimum Gasteiger partial charge on any atom is -0.487 e. The molecule has 0 unspecified atom stereocenters. The lowest BCUT2D eigenvalue weighted by Crippen LogP contribution is -2.39. The summed E-state index contributed by atoms with van der Waals surface area (Å²) in [5.41, 5.74) is 1.18. The minimum absolute atomic E-state index is 0.0960. The van der Waals surface area contributed by atoms with E-state index in [1.807, 2.05) is 24.4 Å². The lowest BCUT2D eigenvalue weighted by molar-refractivity contribution is 0.0949. The number of ether oxygens (including phenoxy) is 1. The molecule has 0 spiro atoms. The Bertz CT molecular complexity index is 840. The summed E-state index contributed by atoms with van der Waals surface area (Å²) >= 11 is 0. The van der Waals surface area contributed by atoms with Gasteiger partial charge in [-0.2, -0.15) is 5.10 Å². The SMILES string of the molecule is Fc1ccccc1OC1CCN(CCn2ncc3ccccc32)CC1. The Kier molecular flexibility index (Phi) is 4.65. The molecule has 1 fully saturated rings. The maximum absolute atomic E-state index is 13.7. The Hall–Kier alpha value is -2.40. The van der Waals surface area contributed by atoms with Gasteiger partial charge in [0.1, 0.15) is 6.10 Å². The molecule has 1 aliphatic rings. The maximum atomic E-state index is 13.7. The Morgan fingerprint density at radius 2 is 1.76 bits per heavy atom. The molecule has 5 heteroatoms. The van der Waals surface area contributed by atoms with Crippen molar-refractivity contribution in [2.24, 2.45) is 0 Å². The number of nitrogens with zero attached hydrogens (tertiary/aromatic N) is 3. The standard InChI is InChI=1S/C20H22FN3O/c21-18-6-2-4-8-20(18)25-17-9-11-23(12-10-17)13-14-24-19-7-3-1-5-16(19)15-22-24/h1-8,15,17H,9-14H2. The van der Waals surface area contributed by atoms with E-state index < -0.39 is 0 Å². The molecule has 4 rings (SSSR count). The first-order valence-electron chi connectivity index (χ1n) is 8.84. The highest BCUT2D eigenvalue weighted by atomic mass is 19.1. The van der Waals surface area contributed by atoms with Gasteiger partial charge in [0, 0.05) is 25.0 Å². The molecule has 0 amide bonds. The van der Waals surface area contributed by atoms with Crippen LogP contribution >= 0.6 is 0 Å². The molecule has 2 aromatic carbocycles. The van der Waals surface area contributed by atoms with Crippen molar-refractivity contribution < 1.29 is 9.13 Å². The molecule has 0 atom stereocenters. The molecule has 130 valence electrons. The van der Waals surface area contributed by atoms with E-state index in [4.69, 9.17) is 4.74 Å². The first-order chi connectivity index (χ1) is 12.3. The quantitative estimate of drug-likeness (QED) is 0.710. The average Bonchev–Trinajstić information content (AvgIpc) is 3.06. The van der Waals surface area contributed by atoms with E-state index in [2.05, 4.69) is 26.8 Å². The summed E-state index contributed by atoms with van der Waals surface area (Å²) in [6, 6.07) is 14.9. The molecular formula is C20H22FN3O. The van der Waals surface area contributed by atoms with Crippen LogP contribution in [0.5, 0.6) is 5.75 Å². The Labute approximate surface area is 146 Å². The second-order valence-electron chi connectivity index (χ2n) is 6.52. The number of piperidine rings is 1. The molecule has 4 nitrogen and oxygen atoms in total. The van der Waals surface area contributed by atoms with Gasteiger partial charge in [-0.3, -0.25) is 4.68 Å². The normalized spacial score (nSPS) is 16.4. The molecule has 3 aromatic rings. The molecule has 0 aliphatic carbocycles. The number of aromatic nitrogens is 2. The molecule has 0 saturated carbocycles. The first kappa shape index (κ1) is 16.1.